The Morgan fingerprint density at radius 1 is 1.27 bits per heavy atom. The molecule has 0 aliphatic carbocycles. The van der Waals surface area contributed by atoms with Crippen LogP contribution in [0.25, 0.3) is 0 Å². The Labute approximate surface area is 135 Å². The molecule has 1 aliphatic rings. The third-order valence-corrected chi connectivity index (χ3v) is 3.15. The molecule has 0 aromatic carbocycles. The number of hydrogen-bond acceptors (Lipinski definition) is 4. The van der Waals surface area contributed by atoms with Crippen LogP contribution in [0.15, 0.2) is 4.99 Å². The second kappa shape index (κ2) is 9.79. The highest BCUT2D eigenvalue weighted by molar-refractivity contribution is 5.95. The lowest BCUT2D eigenvalue weighted by Gasteiger charge is -2.35. The van der Waals surface area contributed by atoms with E-state index in [9.17, 15) is 4.79 Å². The smallest absolute Gasteiger partial charge is 0.435 e. The Morgan fingerprint density at radius 3 is 2.36 bits per heavy atom. The highest BCUT2D eigenvalue weighted by atomic mass is 16.5. The number of amidine groups is 1. The lowest BCUT2D eigenvalue weighted by molar-refractivity contribution is 0.0642. The molecule has 1 aliphatic heterocycles. The zero-order valence-corrected chi connectivity index (χ0v) is 14.0. The Morgan fingerprint density at radius 2 is 1.86 bits per heavy atom. The Kier molecular flexibility index (Phi) is 9.28. The lowest BCUT2D eigenvalue weighted by atomic mass is 9.93. The van der Waals surface area contributed by atoms with Gasteiger partial charge in [-0.15, -0.1) is 0 Å². The minimum Gasteiger partial charge on any atom is -0.448 e. The van der Waals surface area contributed by atoms with E-state index in [-0.39, 0.29) is 12.8 Å². The number of carbonyl (C=O) groups excluding carboxylic acids is 1. The van der Waals surface area contributed by atoms with Gasteiger partial charge in [-0.2, -0.15) is 4.99 Å². The van der Waals surface area contributed by atoms with Crippen LogP contribution < -0.4 is 0 Å². The normalized spacial score (nSPS) is 16.5. The van der Waals surface area contributed by atoms with Gasteiger partial charge in [0.25, 0.3) is 0 Å². The van der Waals surface area contributed by atoms with Crippen LogP contribution in [0.1, 0.15) is 34.6 Å². The van der Waals surface area contributed by atoms with Crippen molar-refractivity contribution < 1.29 is 14.3 Å². The van der Waals surface area contributed by atoms with Crippen molar-refractivity contribution >= 4 is 11.9 Å². The van der Waals surface area contributed by atoms with Crippen molar-refractivity contribution in [1.29, 1.82) is 0 Å². The molecule has 0 atom stereocenters. The number of nitrogens with zero attached hydrogens (tertiary/aromatic N) is 3. The molecule has 0 aromatic heterocycles. The number of morpholine rings is 1. The lowest BCUT2D eigenvalue weighted by Crippen LogP contribution is -2.46. The summed E-state index contributed by atoms with van der Waals surface area (Å²) < 4.78 is 10.5. The van der Waals surface area contributed by atoms with Crippen LogP contribution in [0.5, 0.6) is 0 Å². The molecular weight excluding hydrogens is 282 g/mol. The van der Waals surface area contributed by atoms with Crippen LogP contribution in [-0.4, -0.2) is 75.3 Å². The third kappa shape index (κ3) is 7.75. The largest absolute Gasteiger partial charge is 0.448 e. The molecular formula is C16H33N3O3. The van der Waals surface area contributed by atoms with Crippen molar-refractivity contribution in [2.24, 2.45) is 10.4 Å². The number of ether oxygens (including phenoxy) is 2. The van der Waals surface area contributed by atoms with E-state index in [1.165, 1.54) is 0 Å². The minimum absolute atomic E-state index is 0. The summed E-state index contributed by atoms with van der Waals surface area (Å²) in [6, 6.07) is 0. The maximum Gasteiger partial charge on any atom is 0.435 e. The van der Waals surface area contributed by atoms with E-state index in [1.54, 1.807) is 0 Å². The molecule has 1 amide bonds. The number of carbonyl (C=O) groups is 1. The van der Waals surface area contributed by atoms with E-state index in [4.69, 9.17) is 9.47 Å². The van der Waals surface area contributed by atoms with Crippen molar-refractivity contribution in [3.05, 3.63) is 0 Å². The van der Waals surface area contributed by atoms with Crippen LogP contribution in [-0.2, 0) is 9.47 Å². The van der Waals surface area contributed by atoms with Gasteiger partial charge in [-0.05, 0) is 20.5 Å². The van der Waals surface area contributed by atoms with Gasteiger partial charge in [0.1, 0.15) is 5.84 Å². The number of hydrogen-bond donors (Lipinski definition) is 0. The van der Waals surface area contributed by atoms with E-state index in [2.05, 4.69) is 35.6 Å². The Balaban J connectivity index is 0.00000441. The first-order chi connectivity index (χ1) is 9.80. The van der Waals surface area contributed by atoms with Gasteiger partial charge >= 0.3 is 6.09 Å². The van der Waals surface area contributed by atoms with E-state index >= 15 is 0 Å². The molecule has 0 saturated carbocycles. The molecule has 1 saturated heterocycles. The molecule has 0 unspecified atom stereocenters. The molecule has 1 heterocycles. The van der Waals surface area contributed by atoms with Gasteiger partial charge in [0.2, 0.25) is 0 Å². The van der Waals surface area contributed by atoms with Gasteiger partial charge < -0.3 is 19.3 Å². The molecule has 0 spiro atoms. The topological polar surface area (TPSA) is 54.4 Å². The summed E-state index contributed by atoms with van der Waals surface area (Å²) in [6.07, 6.45) is 0.321. The highest BCUT2D eigenvalue weighted by Crippen LogP contribution is 2.20. The van der Waals surface area contributed by atoms with E-state index in [0.29, 0.717) is 19.8 Å². The second-order valence-electron chi connectivity index (χ2n) is 6.56. The molecule has 1 fully saturated rings. The van der Waals surface area contributed by atoms with Gasteiger partial charge in [-0.3, -0.25) is 0 Å². The quantitative estimate of drug-likeness (QED) is 0.453. The van der Waals surface area contributed by atoms with Gasteiger partial charge in [0.15, 0.2) is 0 Å². The van der Waals surface area contributed by atoms with Crippen molar-refractivity contribution in [3.63, 3.8) is 0 Å². The van der Waals surface area contributed by atoms with Crippen LogP contribution in [0, 0.1) is 5.41 Å². The van der Waals surface area contributed by atoms with Crippen molar-refractivity contribution in [1.82, 2.24) is 9.80 Å². The number of aliphatic imine (C=N–C) groups is 1. The van der Waals surface area contributed by atoms with E-state index in [0.717, 1.165) is 31.9 Å². The first-order valence-corrected chi connectivity index (χ1v) is 7.54. The van der Waals surface area contributed by atoms with E-state index in [1.807, 2.05) is 14.1 Å². The zero-order chi connectivity index (χ0) is 15.9. The van der Waals surface area contributed by atoms with Crippen molar-refractivity contribution in [2.45, 2.75) is 34.6 Å². The number of amides is 1. The Bertz CT molecular complexity index is 356. The van der Waals surface area contributed by atoms with Gasteiger partial charge in [-0.25, -0.2) is 4.79 Å². The standard InChI is InChI=1S/C15H29N3O3.CH4/c1-15(2,3)13(18-8-11-20-12-9-18)16-14(19)21-10-6-7-17(4)5;/h6-12H2,1-5H3;1H4. The minimum atomic E-state index is -0.495. The van der Waals surface area contributed by atoms with Gasteiger partial charge in [0.05, 0.1) is 19.8 Å². The number of rotatable bonds is 4. The Hall–Kier alpha value is -1.14. The predicted molar refractivity (Wildman–Crippen MR) is 90.5 cm³/mol. The molecule has 130 valence electrons. The van der Waals surface area contributed by atoms with Crippen molar-refractivity contribution in [3.8, 4) is 0 Å². The fourth-order valence-corrected chi connectivity index (χ4v) is 2.15. The third-order valence-electron chi connectivity index (χ3n) is 3.15. The zero-order valence-electron chi connectivity index (χ0n) is 14.0. The molecule has 6 heteroatoms. The first kappa shape index (κ1) is 20.9. The van der Waals surface area contributed by atoms with Gasteiger partial charge in [0, 0.05) is 25.0 Å². The van der Waals surface area contributed by atoms with Crippen LogP contribution in [0.4, 0.5) is 4.79 Å². The summed E-state index contributed by atoms with van der Waals surface area (Å²) in [6.45, 7) is 10.4. The molecule has 6 nitrogen and oxygen atoms in total. The molecule has 1 rings (SSSR count). The van der Waals surface area contributed by atoms with Gasteiger partial charge in [-0.1, -0.05) is 28.2 Å². The monoisotopic (exact) mass is 315 g/mol. The van der Waals surface area contributed by atoms with Crippen LogP contribution in [0.2, 0.25) is 0 Å². The molecule has 0 N–H and O–H groups in total. The predicted octanol–water partition coefficient (Wildman–Crippen LogP) is 2.49. The molecule has 0 bridgehead atoms. The first-order valence-electron chi connectivity index (χ1n) is 7.54. The summed E-state index contributed by atoms with van der Waals surface area (Å²) in [5, 5.41) is 0. The van der Waals surface area contributed by atoms with E-state index < -0.39 is 6.09 Å². The second-order valence-corrected chi connectivity index (χ2v) is 6.56. The fraction of sp³-hybridized carbons (Fsp3) is 0.875. The summed E-state index contributed by atoms with van der Waals surface area (Å²) in [7, 11) is 3.99. The van der Waals surface area contributed by atoms with Crippen molar-refractivity contribution in [2.75, 3.05) is 53.6 Å². The molecule has 22 heavy (non-hydrogen) atoms. The fourth-order valence-electron chi connectivity index (χ4n) is 2.15. The summed E-state index contributed by atoms with van der Waals surface area (Å²) in [4.78, 5) is 20.3. The maximum atomic E-state index is 11.9. The van der Waals surface area contributed by atoms with Crippen LogP contribution in [0.3, 0.4) is 0 Å². The summed E-state index contributed by atoms with van der Waals surface area (Å²) in [5.41, 5.74) is -0.194. The average molecular weight is 315 g/mol. The SMILES string of the molecule is C.CN(C)CCCOC(=O)N=C(N1CCOCC1)C(C)(C)C. The molecule has 0 aromatic rings. The molecule has 0 radical (unpaired) electrons. The summed E-state index contributed by atoms with van der Waals surface area (Å²) >= 11 is 0. The highest BCUT2D eigenvalue weighted by Gasteiger charge is 2.27. The maximum absolute atomic E-state index is 11.9. The average Bonchev–Trinajstić information content (AvgIpc) is 2.40. The summed E-state index contributed by atoms with van der Waals surface area (Å²) in [5.74, 6) is 0.781. The van der Waals surface area contributed by atoms with Crippen LogP contribution >= 0.6 is 0 Å².